The number of hydrogen-bond donors (Lipinski definition) is 1. The van der Waals surface area contributed by atoms with Crippen LogP contribution in [0.2, 0.25) is 0 Å². The summed E-state index contributed by atoms with van der Waals surface area (Å²) in [5, 5.41) is 4.09. The maximum absolute atomic E-state index is 12.5. The van der Waals surface area contributed by atoms with Gasteiger partial charge in [-0.2, -0.15) is 4.98 Å². The van der Waals surface area contributed by atoms with Crippen LogP contribution in [0.25, 0.3) is 0 Å². The summed E-state index contributed by atoms with van der Waals surface area (Å²) in [5.74, 6) is 1.13. The number of hydrogen-bond acceptors (Lipinski definition) is 5. The summed E-state index contributed by atoms with van der Waals surface area (Å²) in [7, 11) is 0. The predicted octanol–water partition coefficient (Wildman–Crippen LogP) is 2.67. The third-order valence-electron chi connectivity index (χ3n) is 5.12. The Labute approximate surface area is 141 Å². The van der Waals surface area contributed by atoms with E-state index in [4.69, 9.17) is 10.3 Å². The van der Waals surface area contributed by atoms with E-state index >= 15 is 0 Å². The Balaban J connectivity index is 1.60. The molecule has 0 saturated heterocycles. The number of aryl methyl sites for hydroxylation is 1. The quantitative estimate of drug-likeness (QED) is 0.937. The van der Waals surface area contributed by atoms with Crippen LogP contribution in [-0.2, 0) is 23.3 Å². The van der Waals surface area contributed by atoms with Crippen molar-refractivity contribution in [2.24, 2.45) is 5.73 Å². The van der Waals surface area contributed by atoms with Gasteiger partial charge in [-0.3, -0.25) is 4.79 Å². The lowest BCUT2D eigenvalue weighted by Crippen LogP contribution is -2.34. The second-order valence-corrected chi connectivity index (χ2v) is 6.84. The zero-order valence-corrected chi connectivity index (χ0v) is 13.7. The highest BCUT2D eigenvalue weighted by Crippen LogP contribution is 2.35. The van der Waals surface area contributed by atoms with E-state index < -0.39 is 5.54 Å². The molecule has 0 bridgehead atoms. The van der Waals surface area contributed by atoms with Crippen molar-refractivity contribution in [1.29, 1.82) is 0 Å². The minimum absolute atomic E-state index is 0.100. The number of amides is 1. The molecule has 2 heterocycles. The summed E-state index contributed by atoms with van der Waals surface area (Å²) < 4.78 is 5.41. The van der Waals surface area contributed by atoms with Crippen molar-refractivity contribution in [2.75, 3.05) is 4.90 Å². The molecule has 1 aromatic carbocycles. The van der Waals surface area contributed by atoms with Gasteiger partial charge in [0.05, 0.1) is 5.54 Å². The van der Waals surface area contributed by atoms with E-state index in [9.17, 15) is 4.79 Å². The van der Waals surface area contributed by atoms with Crippen LogP contribution in [0.4, 0.5) is 5.69 Å². The Bertz CT molecular complexity index is 749. The number of benzene rings is 1. The Hall–Kier alpha value is -2.21. The van der Waals surface area contributed by atoms with Crippen LogP contribution in [0.1, 0.15) is 55.8 Å². The standard InChI is InChI=1S/C18H22N4O2/c19-18(10-3-4-11-18)17-20-15(24-21-17)12-22-14-8-2-1-6-13(14)7-5-9-16(22)23/h1-2,6,8H,3-5,7,9-12,19H2. The van der Waals surface area contributed by atoms with Gasteiger partial charge in [0.2, 0.25) is 11.8 Å². The third kappa shape index (κ3) is 2.71. The van der Waals surface area contributed by atoms with Crippen molar-refractivity contribution in [2.45, 2.75) is 57.0 Å². The van der Waals surface area contributed by atoms with E-state index in [1.54, 1.807) is 4.90 Å². The van der Waals surface area contributed by atoms with Crippen LogP contribution in [0.3, 0.4) is 0 Å². The van der Waals surface area contributed by atoms with E-state index in [-0.39, 0.29) is 5.91 Å². The maximum atomic E-state index is 12.5. The number of anilines is 1. The van der Waals surface area contributed by atoms with Gasteiger partial charge in [0.25, 0.3) is 0 Å². The Morgan fingerprint density at radius 2 is 1.96 bits per heavy atom. The summed E-state index contributed by atoms with van der Waals surface area (Å²) in [5.41, 5.74) is 8.06. The number of carbonyl (C=O) groups excluding carboxylic acids is 1. The molecule has 0 atom stereocenters. The first-order valence-electron chi connectivity index (χ1n) is 8.66. The average Bonchev–Trinajstić information content (AvgIpc) is 3.20. The van der Waals surface area contributed by atoms with E-state index in [1.165, 1.54) is 5.56 Å². The highest BCUT2D eigenvalue weighted by Gasteiger charge is 2.36. The number of para-hydroxylation sites is 1. The fraction of sp³-hybridized carbons (Fsp3) is 0.500. The molecule has 2 aliphatic rings. The first kappa shape index (κ1) is 15.3. The summed E-state index contributed by atoms with van der Waals surface area (Å²) in [6, 6.07) is 8.03. The van der Waals surface area contributed by atoms with Crippen molar-refractivity contribution in [3.8, 4) is 0 Å². The molecule has 6 heteroatoms. The number of aromatic nitrogens is 2. The molecular weight excluding hydrogens is 304 g/mol. The normalized spacial score (nSPS) is 20.0. The molecule has 1 fully saturated rings. The molecule has 4 rings (SSSR count). The van der Waals surface area contributed by atoms with Gasteiger partial charge in [-0.1, -0.05) is 36.2 Å². The monoisotopic (exact) mass is 326 g/mol. The van der Waals surface area contributed by atoms with Crippen molar-refractivity contribution in [1.82, 2.24) is 10.1 Å². The summed E-state index contributed by atoms with van der Waals surface area (Å²) >= 11 is 0. The number of carbonyl (C=O) groups is 1. The molecule has 0 spiro atoms. The Morgan fingerprint density at radius 1 is 1.17 bits per heavy atom. The molecule has 1 amide bonds. The second kappa shape index (κ2) is 6.02. The van der Waals surface area contributed by atoms with E-state index in [2.05, 4.69) is 16.2 Å². The lowest BCUT2D eigenvalue weighted by molar-refractivity contribution is -0.118. The van der Waals surface area contributed by atoms with Crippen LogP contribution in [0.15, 0.2) is 28.8 Å². The maximum Gasteiger partial charge on any atom is 0.246 e. The topological polar surface area (TPSA) is 85.2 Å². The Kier molecular flexibility index (Phi) is 3.84. The van der Waals surface area contributed by atoms with Crippen LogP contribution in [0.5, 0.6) is 0 Å². The molecule has 2 N–H and O–H groups in total. The molecule has 1 aliphatic heterocycles. The van der Waals surface area contributed by atoms with Crippen LogP contribution in [-0.4, -0.2) is 16.0 Å². The minimum atomic E-state index is -0.470. The van der Waals surface area contributed by atoms with Gasteiger partial charge < -0.3 is 15.2 Å². The molecule has 24 heavy (non-hydrogen) atoms. The number of fused-ring (bicyclic) bond motifs is 1. The largest absolute Gasteiger partial charge is 0.337 e. The van der Waals surface area contributed by atoms with Gasteiger partial charge in [-0.25, -0.2) is 0 Å². The minimum Gasteiger partial charge on any atom is -0.337 e. The van der Waals surface area contributed by atoms with Crippen LogP contribution >= 0.6 is 0 Å². The molecule has 126 valence electrons. The zero-order valence-electron chi connectivity index (χ0n) is 13.7. The van der Waals surface area contributed by atoms with Crippen molar-refractivity contribution >= 4 is 11.6 Å². The lowest BCUT2D eigenvalue weighted by atomic mass is 9.99. The molecule has 1 aliphatic carbocycles. The van der Waals surface area contributed by atoms with Gasteiger partial charge >= 0.3 is 0 Å². The van der Waals surface area contributed by atoms with Gasteiger partial charge in [-0.15, -0.1) is 0 Å². The lowest BCUT2D eigenvalue weighted by Gasteiger charge is -2.21. The fourth-order valence-electron chi connectivity index (χ4n) is 3.74. The molecular formula is C18H22N4O2. The molecule has 0 radical (unpaired) electrons. The van der Waals surface area contributed by atoms with Gasteiger partial charge in [0, 0.05) is 12.1 Å². The van der Waals surface area contributed by atoms with E-state index in [0.29, 0.717) is 24.7 Å². The third-order valence-corrected chi connectivity index (χ3v) is 5.12. The number of rotatable bonds is 3. The first-order valence-corrected chi connectivity index (χ1v) is 8.66. The molecule has 2 aromatic rings. The predicted molar refractivity (Wildman–Crippen MR) is 89.2 cm³/mol. The zero-order chi connectivity index (χ0) is 16.6. The smallest absolute Gasteiger partial charge is 0.246 e. The van der Waals surface area contributed by atoms with Crippen LogP contribution in [0, 0.1) is 0 Å². The van der Waals surface area contributed by atoms with Crippen molar-refractivity contribution < 1.29 is 9.32 Å². The summed E-state index contributed by atoms with van der Waals surface area (Å²) in [6.07, 6.45) is 6.29. The number of nitrogens with zero attached hydrogens (tertiary/aromatic N) is 3. The van der Waals surface area contributed by atoms with Crippen molar-refractivity contribution in [3.63, 3.8) is 0 Å². The summed E-state index contributed by atoms with van der Waals surface area (Å²) in [4.78, 5) is 18.8. The van der Waals surface area contributed by atoms with E-state index in [1.807, 2.05) is 18.2 Å². The first-order chi connectivity index (χ1) is 11.7. The molecule has 1 aromatic heterocycles. The molecule has 1 saturated carbocycles. The van der Waals surface area contributed by atoms with E-state index in [0.717, 1.165) is 44.2 Å². The fourth-order valence-corrected chi connectivity index (χ4v) is 3.74. The highest BCUT2D eigenvalue weighted by molar-refractivity contribution is 5.94. The van der Waals surface area contributed by atoms with Gasteiger partial charge in [-0.05, 0) is 37.3 Å². The van der Waals surface area contributed by atoms with Crippen LogP contribution < -0.4 is 10.6 Å². The van der Waals surface area contributed by atoms with Gasteiger partial charge in [0.1, 0.15) is 6.54 Å². The molecule has 6 nitrogen and oxygen atoms in total. The van der Waals surface area contributed by atoms with Gasteiger partial charge in [0.15, 0.2) is 5.82 Å². The Morgan fingerprint density at radius 3 is 2.79 bits per heavy atom. The van der Waals surface area contributed by atoms with Crippen molar-refractivity contribution in [3.05, 3.63) is 41.5 Å². The second-order valence-electron chi connectivity index (χ2n) is 6.84. The average molecular weight is 326 g/mol. The highest BCUT2D eigenvalue weighted by atomic mass is 16.5. The summed E-state index contributed by atoms with van der Waals surface area (Å²) in [6.45, 7) is 0.304. The number of nitrogens with two attached hydrogens (primary N) is 1. The SMILES string of the molecule is NC1(c2noc(CN3C(=O)CCCc4ccccc43)n2)CCCC1. The molecule has 0 unspecified atom stereocenters.